The van der Waals surface area contributed by atoms with Crippen molar-refractivity contribution in [2.75, 3.05) is 0 Å². The van der Waals surface area contributed by atoms with Crippen molar-refractivity contribution in [2.45, 2.75) is 11.8 Å². The minimum absolute atomic E-state index is 0.167. The van der Waals surface area contributed by atoms with Crippen molar-refractivity contribution in [1.82, 2.24) is 0 Å². The summed E-state index contributed by atoms with van der Waals surface area (Å²) in [5.74, 6) is 0.336. The maximum atomic E-state index is 2.48. The van der Waals surface area contributed by atoms with Crippen LogP contribution in [0.2, 0.25) is 0 Å². The summed E-state index contributed by atoms with van der Waals surface area (Å²) in [6.07, 6.45) is 11.8. The molecule has 66 heavy (non-hydrogen) atoms. The van der Waals surface area contributed by atoms with Gasteiger partial charge in [0.05, 0.1) is 0 Å². The Balaban J connectivity index is 1.31. The van der Waals surface area contributed by atoms with Gasteiger partial charge in [-0.25, -0.2) is 0 Å². The molecule has 0 spiro atoms. The van der Waals surface area contributed by atoms with E-state index in [9.17, 15) is 0 Å². The number of hydrogen-bond donors (Lipinski definition) is 0. The van der Waals surface area contributed by atoms with Crippen LogP contribution in [0, 0.1) is 0 Å². The number of fused-ring (bicyclic) bond motifs is 23. The fourth-order valence-electron chi connectivity index (χ4n) is 15.7. The molecule has 0 amide bonds. The smallest absolute Gasteiger partial charge is 0.0225 e. The van der Waals surface area contributed by atoms with Gasteiger partial charge in [0.15, 0.2) is 0 Å². The van der Waals surface area contributed by atoms with Crippen LogP contribution in [0.15, 0.2) is 193 Å². The Hall–Kier alpha value is -8.32. The van der Waals surface area contributed by atoms with Gasteiger partial charge < -0.3 is 0 Å². The summed E-state index contributed by atoms with van der Waals surface area (Å²) >= 11 is 0. The van der Waals surface area contributed by atoms with Gasteiger partial charge >= 0.3 is 0 Å². The van der Waals surface area contributed by atoms with E-state index < -0.39 is 0 Å². The predicted molar refractivity (Wildman–Crippen MR) is 284 cm³/mol. The van der Waals surface area contributed by atoms with Crippen molar-refractivity contribution in [2.24, 2.45) is 0 Å². The Morgan fingerprint density at radius 3 is 1.09 bits per heavy atom. The Morgan fingerprint density at radius 1 is 0.242 bits per heavy atom. The zero-order valence-electron chi connectivity index (χ0n) is 35.5. The monoisotopic (exact) mass is 824 g/mol. The summed E-state index contributed by atoms with van der Waals surface area (Å²) in [7, 11) is 0. The molecule has 19 rings (SSSR count). The molecule has 0 heteroatoms. The van der Waals surface area contributed by atoms with Crippen LogP contribution in [0.4, 0.5) is 0 Å². The Labute approximate surface area is 376 Å². The van der Waals surface area contributed by atoms with Crippen LogP contribution in [0.25, 0.3) is 156 Å². The van der Waals surface area contributed by atoms with Gasteiger partial charge in [0.2, 0.25) is 0 Å². The van der Waals surface area contributed by atoms with Gasteiger partial charge in [0.1, 0.15) is 0 Å². The van der Waals surface area contributed by atoms with Gasteiger partial charge in [0, 0.05) is 11.8 Å². The lowest BCUT2D eigenvalue weighted by Gasteiger charge is -2.36. The third kappa shape index (κ3) is 3.10. The molecule has 0 radical (unpaired) electrons. The van der Waals surface area contributed by atoms with Crippen molar-refractivity contribution in [3.8, 4) is 0 Å². The van der Waals surface area contributed by atoms with Crippen LogP contribution in [0.5, 0.6) is 0 Å². The van der Waals surface area contributed by atoms with Crippen LogP contribution < -0.4 is 0 Å². The van der Waals surface area contributed by atoms with Gasteiger partial charge in [-0.15, -0.1) is 0 Å². The number of benzene rings is 5. The molecule has 0 saturated carbocycles. The summed E-state index contributed by atoms with van der Waals surface area (Å²) in [5.41, 5.74) is 8.97. The van der Waals surface area contributed by atoms with Crippen LogP contribution in [-0.4, -0.2) is 0 Å². The molecule has 15 aromatic carbocycles. The number of allylic oxidation sites excluding steroid dienone is 8. The molecule has 0 bridgehead atoms. The van der Waals surface area contributed by atoms with Gasteiger partial charge in [-0.1, -0.05) is 182 Å². The summed E-state index contributed by atoms with van der Waals surface area (Å²) in [4.78, 5) is 0. The molecular formula is C66H32. The number of rotatable bonds is 0. The standard InChI is InChI=1S/C66H32/c1-7-19-31-32(20-8-1)44-46-34-22-10-3-12-24-36(34)48-50-38-26-14-5-16-28-40(38)52-54-42-30-18-6-17-29-41(42)53-51-39-27-15-4-13-25-37(39)49-47-35-23-11-2-9-21-33(35)45-43(31)55(44)61-62(56(45)47)64(58(49)51)66(60(53)54)65(59(50)52)63(61)57(46)48/h1-30,43,55H. The van der Waals surface area contributed by atoms with Gasteiger partial charge in [0.25, 0.3) is 0 Å². The molecule has 4 aliphatic rings. The van der Waals surface area contributed by atoms with E-state index in [1.165, 1.54) is 179 Å². The SMILES string of the molecule is C1=CC=C2C(=C3c4c5cccccc5c5c4c4c6c7c8c(c9cccccc9c8c8c9cccccc9c9c%10c%11cccccc%11c%11c%12c%13cccccc%13c5c%12c4c(c7c89)c%11%10)C2C36)C=C1. The first kappa shape index (κ1) is 32.4. The van der Waals surface area contributed by atoms with Crippen LogP contribution >= 0.6 is 0 Å². The third-order valence-corrected chi connectivity index (χ3v) is 17.4. The fraction of sp³-hybridized carbons (Fsp3) is 0.0303. The highest BCUT2D eigenvalue weighted by atomic mass is 14.5. The van der Waals surface area contributed by atoms with Crippen molar-refractivity contribution in [3.05, 3.63) is 210 Å². The second-order valence-electron chi connectivity index (χ2n) is 19.8. The van der Waals surface area contributed by atoms with E-state index in [4.69, 9.17) is 0 Å². The van der Waals surface area contributed by atoms with Crippen molar-refractivity contribution in [3.63, 3.8) is 0 Å². The summed E-state index contributed by atoms with van der Waals surface area (Å²) < 4.78 is 0. The van der Waals surface area contributed by atoms with Crippen LogP contribution in [0.3, 0.4) is 0 Å². The maximum Gasteiger partial charge on any atom is 0.0225 e. The third-order valence-electron chi connectivity index (χ3n) is 17.4. The van der Waals surface area contributed by atoms with Crippen molar-refractivity contribution in [1.29, 1.82) is 0 Å². The van der Waals surface area contributed by atoms with E-state index in [-0.39, 0.29) is 11.8 Å². The first-order valence-corrected chi connectivity index (χ1v) is 23.7. The molecule has 15 aromatic rings. The highest BCUT2D eigenvalue weighted by molar-refractivity contribution is 6.64. The minimum atomic E-state index is 0.167. The average molecular weight is 825 g/mol. The summed E-state index contributed by atoms with van der Waals surface area (Å²) in [6, 6.07) is 58.4. The van der Waals surface area contributed by atoms with E-state index in [1.54, 1.807) is 5.56 Å². The van der Waals surface area contributed by atoms with Gasteiger partial charge in [-0.2, -0.15) is 0 Å². The van der Waals surface area contributed by atoms with Crippen molar-refractivity contribution < 1.29 is 0 Å². The van der Waals surface area contributed by atoms with Gasteiger partial charge in [-0.3, -0.25) is 0 Å². The highest BCUT2D eigenvalue weighted by Crippen LogP contribution is 2.73. The lowest BCUT2D eigenvalue weighted by atomic mass is 9.65. The quantitative estimate of drug-likeness (QED) is 0.106. The van der Waals surface area contributed by atoms with Crippen LogP contribution in [0.1, 0.15) is 28.5 Å². The molecule has 296 valence electrons. The lowest BCUT2D eigenvalue weighted by molar-refractivity contribution is 0.771. The molecule has 0 saturated heterocycles. The average Bonchev–Trinajstić information content (AvgIpc) is 3.76. The van der Waals surface area contributed by atoms with E-state index in [1.807, 2.05) is 0 Å². The molecule has 0 aliphatic heterocycles. The van der Waals surface area contributed by atoms with Crippen LogP contribution in [-0.2, 0) is 0 Å². The molecule has 4 aliphatic carbocycles. The maximum absolute atomic E-state index is 2.48. The Kier molecular flexibility index (Phi) is 5.12. The van der Waals surface area contributed by atoms with Gasteiger partial charge in [-0.05, 0) is 184 Å². The summed E-state index contributed by atoms with van der Waals surface area (Å²) in [5, 5.41) is 39.9. The molecule has 2 atom stereocenters. The Morgan fingerprint density at radius 2 is 0.591 bits per heavy atom. The minimum Gasteiger partial charge on any atom is -0.0622 e. The van der Waals surface area contributed by atoms with E-state index >= 15 is 0 Å². The zero-order valence-corrected chi connectivity index (χ0v) is 35.5. The molecule has 0 aromatic heterocycles. The Bertz CT molecular complexity index is 5050. The lowest BCUT2D eigenvalue weighted by Crippen LogP contribution is -2.17. The normalized spacial score (nSPS) is 17.6. The van der Waals surface area contributed by atoms with E-state index in [0.29, 0.717) is 0 Å². The highest BCUT2D eigenvalue weighted by Gasteiger charge is 2.51. The molecule has 0 nitrogen and oxygen atoms in total. The predicted octanol–water partition coefficient (Wildman–Crippen LogP) is 18.2. The number of hydrogen-bond acceptors (Lipinski definition) is 0. The molecule has 2 unspecified atom stereocenters. The first-order chi connectivity index (χ1) is 32.9. The van der Waals surface area contributed by atoms with E-state index in [2.05, 4.69) is 182 Å². The fourth-order valence-corrected chi connectivity index (χ4v) is 15.7. The molecule has 0 fully saturated rings. The largest absolute Gasteiger partial charge is 0.0622 e. The molecule has 0 N–H and O–H groups in total. The van der Waals surface area contributed by atoms with Crippen molar-refractivity contribution >= 4 is 156 Å². The molecular weight excluding hydrogens is 793 g/mol. The topological polar surface area (TPSA) is 0 Å². The zero-order chi connectivity index (χ0) is 42.0. The molecule has 0 heterocycles. The second kappa shape index (κ2) is 10.4. The van der Waals surface area contributed by atoms with E-state index in [0.717, 1.165) is 0 Å². The second-order valence-corrected chi connectivity index (χ2v) is 19.8. The summed E-state index contributed by atoms with van der Waals surface area (Å²) in [6.45, 7) is 0. The first-order valence-electron chi connectivity index (χ1n) is 23.7.